The highest BCUT2D eigenvalue weighted by Gasteiger charge is 2.12. The van der Waals surface area contributed by atoms with Crippen LogP contribution in [-0.4, -0.2) is 21.6 Å². The van der Waals surface area contributed by atoms with E-state index in [2.05, 4.69) is 19.2 Å². The monoisotopic (exact) mass is 225 g/mol. The van der Waals surface area contributed by atoms with Gasteiger partial charge >= 0.3 is 0 Å². The fourth-order valence-corrected chi connectivity index (χ4v) is 1.76. The molecule has 0 unspecified atom stereocenters. The molecule has 0 saturated heterocycles. The molecule has 4 heteroatoms. The van der Waals surface area contributed by atoms with Crippen LogP contribution >= 0.6 is 0 Å². The molecule has 0 aliphatic heterocycles. The number of carbonyl (C=O) groups excluding carboxylic acids is 1. The van der Waals surface area contributed by atoms with Gasteiger partial charge in [-0.3, -0.25) is 4.79 Å². The Morgan fingerprint density at radius 2 is 2.00 bits per heavy atom. The number of carbonyl (C=O) groups is 1. The maximum absolute atomic E-state index is 11.4. The van der Waals surface area contributed by atoms with Gasteiger partial charge in [-0.1, -0.05) is 43.3 Å². The zero-order valence-corrected chi connectivity index (χ0v) is 10.9. The topological polar surface area (TPSA) is 29.1 Å². The SMILES string of the molecule is [B]c1cc(C(C)C)c([B])c(C)c1NC(=O)CC. The van der Waals surface area contributed by atoms with Crippen molar-refractivity contribution in [3.8, 4) is 0 Å². The Morgan fingerprint density at radius 1 is 1.41 bits per heavy atom. The molecule has 4 radical (unpaired) electrons. The number of hydrogen-bond acceptors (Lipinski definition) is 1. The molecule has 0 aliphatic carbocycles. The molecule has 0 saturated carbocycles. The quantitative estimate of drug-likeness (QED) is 0.765. The van der Waals surface area contributed by atoms with Crippen LogP contribution in [0.3, 0.4) is 0 Å². The molecule has 1 aromatic carbocycles. The summed E-state index contributed by atoms with van der Waals surface area (Å²) in [6.45, 7) is 7.80. The molecule has 0 aromatic heterocycles. The molecule has 0 atom stereocenters. The third kappa shape index (κ3) is 2.93. The highest BCUT2D eigenvalue weighted by molar-refractivity contribution is 6.40. The summed E-state index contributed by atoms with van der Waals surface area (Å²) in [7, 11) is 12.0. The third-order valence-electron chi connectivity index (χ3n) is 2.90. The second kappa shape index (κ2) is 5.44. The highest BCUT2D eigenvalue weighted by Crippen LogP contribution is 2.17. The van der Waals surface area contributed by atoms with Crippen LogP contribution < -0.4 is 16.2 Å². The minimum absolute atomic E-state index is 0.0588. The summed E-state index contributed by atoms with van der Waals surface area (Å²) >= 11 is 0. The molecular formula is C13H17B2NO. The van der Waals surface area contributed by atoms with E-state index in [1.807, 2.05) is 13.0 Å². The number of nitrogens with one attached hydrogen (secondary N) is 1. The van der Waals surface area contributed by atoms with Crippen LogP contribution in [0, 0.1) is 6.92 Å². The van der Waals surface area contributed by atoms with Gasteiger partial charge in [0.2, 0.25) is 5.91 Å². The molecule has 1 amide bonds. The Labute approximate surface area is 106 Å². The number of benzene rings is 1. The number of anilines is 1. The van der Waals surface area contributed by atoms with Gasteiger partial charge in [0, 0.05) is 12.1 Å². The van der Waals surface area contributed by atoms with E-state index in [-0.39, 0.29) is 5.91 Å². The van der Waals surface area contributed by atoms with E-state index in [1.165, 1.54) is 0 Å². The van der Waals surface area contributed by atoms with Gasteiger partial charge in [0.25, 0.3) is 0 Å². The zero-order valence-electron chi connectivity index (χ0n) is 10.9. The normalized spacial score (nSPS) is 10.6. The molecule has 0 spiro atoms. The van der Waals surface area contributed by atoms with Gasteiger partial charge in [0.15, 0.2) is 0 Å². The van der Waals surface area contributed by atoms with Gasteiger partial charge in [-0.15, -0.1) is 0 Å². The minimum Gasteiger partial charge on any atom is -0.326 e. The first-order valence-corrected chi connectivity index (χ1v) is 5.86. The molecule has 17 heavy (non-hydrogen) atoms. The summed E-state index contributed by atoms with van der Waals surface area (Å²) in [5.74, 6) is 0.253. The van der Waals surface area contributed by atoms with Gasteiger partial charge in [-0.25, -0.2) is 0 Å². The molecule has 0 heterocycles. The fourth-order valence-electron chi connectivity index (χ4n) is 1.76. The molecule has 0 fully saturated rings. The van der Waals surface area contributed by atoms with Crippen molar-refractivity contribution in [1.29, 1.82) is 0 Å². The number of hydrogen-bond donors (Lipinski definition) is 1. The van der Waals surface area contributed by atoms with Gasteiger partial charge in [0.1, 0.15) is 15.7 Å². The molecule has 1 rings (SSSR count). The van der Waals surface area contributed by atoms with Gasteiger partial charge < -0.3 is 5.32 Å². The maximum Gasteiger partial charge on any atom is 0.224 e. The minimum atomic E-state index is -0.0588. The van der Waals surface area contributed by atoms with Crippen LogP contribution in [0.2, 0.25) is 0 Å². The fraction of sp³-hybridized carbons (Fsp3) is 0.462. The first-order chi connectivity index (χ1) is 7.88. The van der Waals surface area contributed by atoms with E-state index >= 15 is 0 Å². The predicted octanol–water partition coefficient (Wildman–Crippen LogP) is 1.05. The van der Waals surface area contributed by atoms with Crippen molar-refractivity contribution < 1.29 is 4.79 Å². The Kier molecular flexibility index (Phi) is 4.44. The van der Waals surface area contributed by atoms with E-state index in [1.54, 1.807) is 6.92 Å². The average Bonchev–Trinajstić information content (AvgIpc) is 2.28. The first kappa shape index (κ1) is 13.9. The summed E-state index contributed by atoms with van der Waals surface area (Å²) in [6.07, 6.45) is 0.421. The van der Waals surface area contributed by atoms with Gasteiger partial charge in [-0.2, -0.15) is 0 Å². The Hall–Kier alpha value is -1.18. The predicted molar refractivity (Wildman–Crippen MR) is 75.0 cm³/mol. The van der Waals surface area contributed by atoms with Crippen molar-refractivity contribution in [2.24, 2.45) is 0 Å². The Morgan fingerprint density at radius 3 is 2.47 bits per heavy atom. The summed E-state index contributed by atoms with van der Waals surface area (Å²) in [6, 6.07) is 1.85. The maximum atomic E-state index is 11.4. The molecule has 0 bridgehead atoms. The summed E-state index contributed by atoms with van der Waals surface area (Å²) in [5, 5.41) is 2.79. The lowest BCUT2D eigenvalue weighted by Crippen LogP contribution is -2.27. The van der Waals surface area contributed by atoms with Gasteiger partial charge in [0.05, 0.1) is 0 Å². The molecule has 86 valence electrons. The van der Waals surface area contributed by atoms with Crippen LogP contribution in [-0.2, 0) is 4.79 Å². The molecule has 1 aromatic rings. The van der Waals surface area contributed by atoms with Crippen LogP contribution in [0.4, 0.5) is 5.69 Å². The summed E-state index contributed by atoms with van der Waals surface area (Å²) < 4.78 is 0. The van der Waals surface area contributed by atoms with Crippen molar-refractivity contribution in [3.63, 3.8) is 0 Å². The lowest BCUT2D eigenvalue weighted by molar-refractivity contribution is -0.115. The first-order valence-electron chi connectivity index (χ1n) is 5.86. The van der Waals surface area contributed by atoms with E-state index < -0.39 is 0 Å². The van der Waals surface area contributed by atoms with Crippen molar-refractivity contribution in [2.75, 3.05) is 5.32 Å². The highest BCUT2D eigenvalue weighted by atomic mass is 16.1. The smallest absolute Gasteiger partial charge is 0.224 e. The van der Waals surface area contributed by atoms with Crippen molar-refractivity contribution in [3.05, 3.63) is 17.2 Å². The average molecular weight is 225 g/mol. The van der Waals surface area contributed by atoms with E-state index in [0.29, 0.717) is 29.0 Å². The van der Waals surface area contributed by atoms with Crippen LogP contribution in [0.25, 0.3) is 0 Å². The lowest BCUT2D eigenvalue weighted by atomic mass is 9.76. The van der Waals surface area contributed by atoms with E-state index in [0.717, 1.165) is 11.1 Å². The van der Waals surface area contributed by atoms with Crippen molar-refractivity contribution in [2.45, 2.75) is 40.0 Å². The molecule has 0 aliphatic rings. The van der Waals surface area contributed by atoms with E-state index in [9.17, 15) is 4.79 Å². The molecule has 2 nitrogen and oxygen atoms in total. The lowest BCUT2D eigenvalue weighted by Gasteiger charge is -2.20. The van der Waals surface area contributed by atoms with Crippen molar-refractivity contribution >= 4 is 38.2 Å². The Bertz CT molecular complexity index is 442. The second-order valence-electron chi connectivity index (χ2n) is 4.53. The van der Waals surface area contributed by atoms with Crippen LogP contribution in [0.1, 0.15) is 44.2 Å². The van der Waals surface area contributed by atoms with E-state index in [4.69, 9.17) is 15.7 Å². The number of amides is 1. The molecular weight excluding hydrogens is 208 g/mol. The largest absolute Gasteiger partial charge is 0.326 e. The standard InChI is InChI=1S/C13H17B2NO/c1-5-11(17)16-13-8(4)12(15)9(7(2)3)6-10(13)14/h6-7H,5H2,1-4H3,(H,16,17). The Balaban J connectivity index is 3.25. The number of rotatable bonds is 3. The third-order valence-corrected chi connectivity index (χ3v) is 2.90. The van der Waals surface area contributed by atoms with Crippen LogP contribution in [0.15, 0.2) is 6.07 Å². The molecule has 1 N–H and O–H groups in total. The van der Waals surface area contributed by atoms with Crippen molar-refractivity contribution in [1.82, 2.24) is 0 Å². The van der Waals surface area contributed by atoms with Crippen LogP contribution in [0.5, 0.6) is 0 Å². The zero-order chi connectivity index (χ0) is 13.2. The summed E-state index contributed by atoms with van der Waals surface area (Å²) in [4.78, 5) is 11.4. The second-order valence-corrected chi connectivity index (χ2v) is 4.53. The summed E-state index contributed by atoms with van der Waals surface area (Å²) in [5.41, 5.74) is 3.78. The van der Waals surface area contributed by atoms with Gasteiger partial charge in [-0.05, 0) is 18.4 Å².